The molecule has 2 aromatic rings. The van der Waals surface area contributed by atoms with Crippen LogP contribution >= 0.6 is 0 Å². The summed E-state index contributed by atoms with van der Waals surface area (Å²) < 4.78 is 40.6. The number of halogens is 2. The number of nitrogens with zero attached hydrogens (tertiary/aromatic N) is 4. The fourth-order valence-electron chi connectivity index (χ4n) is 4.73. The SMILES string of the molecule is CC1(OC(=O)N2CCC(COc3c(F)cc(-c4cnc(C(=O)N5CCCCC5)nc4)cc3F)CC2)CC1. The monoisotopic (exact) mass is 514 g/mol. The van der Waals surface area contributed by atoms with E-state index < -0.39 is 17.4 Å². The Balaban J connectivity index is 1.15. The predicted molar refractivity (Wildman–Crippen MR) is 131 cm³/mol. The third-order valence-corrected chi connectivity index (χ3v) is 7.44. The van der Waals surface area contributed by atoms with Crippen molar-refractivity contribution in [2.45, 2.75) is 57.5 Å². The van der Waals surface area contributed by atoms with Crippen LogP contribution in [0.25, 0.3) is 11.1 Å². The van der Waals surface area contributed by atoms with Crippen LogP contribution < -0.4 is 4.74 Å². The second-order valence-electron chi connectivity index (χ2n) is 10.5. The zero-order valence-electron chi connectivity index (χ0n) is 21.0. The van der Waals surface area contributed by atoms with Crippen LogP contribution in [0.4, 0.5) is 13.6 Å². The van der Waals surface area contributed by atoms with Crippen LogP contribution in [0.1, 0.15) is 62.5 Å². The minimum Gasteiger partial charge on any atom is -0.487 e. The first-order valence-electron chi connectivity index (χ1n) is 13.0. The summed E-state index contributed by atoms with van der Waals surface area (Å²) in [6.07, 6.45) is 8.69. The number of carbonyl (C=O) groups excluding carboxylic acids is 2. The third kappa shape index (κ3) is 5.99. The average Bonchev–Trinajstić information content (AvgIpc) is 3.64. The first-order valence-corrected chi connectivity index (χ1v) is 13.0. The average molecular weight is 515 g/mol. The van der Waals surface area contributed by atoms with E-state index in [0.29, 0.717) is 44.6 Å². The van der Waals surface area contributed by atoms with Crippen molar-refractivity contribution >= 4 is 12.0 Å². The van der Waals surface area contributed by atoms with E-state index in [2.05, 4.69) is 9.97 Å². The zero-order valence-corrected chi connectivity index (χ0v) is 21.0. The van der Waals surface area contributed by atoms with Gasteiger partial charge in [0.1, 0.15) is 5.60 Å². The summed E-state index contributed by atoms with van der Waals surface area (Å²) in [5.74, 6) is -2.13. The maximum Gasteiger partial charge on any atom is 0.410 e. The van der Waals surface area contributed by atoms with E-state index in [0.717, 1.165) is 32.1 Å². The summed E-state index contributed by atoms with van der Waals surface area (Å²) in [4.78, 5) is 36.5. The summed E-state index contributed by atoms with van der Waals surface area (Å²) in [6.45, 7) is 4.52. The normalized spacial score (nSPS) is 19.4. The summed E-state index contributed by atoms with van der Waals surface area (Å²) in [5, 5.41) is 0. The molecule has 0 bridgehead atoms. The molecule has 2 aliphatic heterocycles. The number of ether oxygens (including phenoxy) is 2. The van der Waals surface area contributed by atoms with Crippen LogP contribution in [0.15, 0.2) is 24.5 Å². The van der Waals surface area contributed by atoms with E-state index in [1.807, 2.05) is 6.92 Å². The molecule has 198 valence electrons. The van der Waals surface area contributed by atoms with Gasteiger partial charge in [-0.25, -0.2) is 23.5 Å². The number of amides is 2. The first kappa shape index (κ1) is 25.4. The van der Waals surface area contributed by atoms with Crippen molar-refractivity contribution in [3.8, 4) is 16.9 Å². The Morgan fingerprint density at radius 1 is 0.946 bits per heavy atom. The van der Waals surface area contributed by atoms with Crippen molar-refractivity contribution in [1.82, 2.24) is 19.8 Å². The van der Waals surface area contributed by atoms with Gasteiger partial charge in [-0.15, -0.1) is 0 Å². The molecule has 1 aromatic carbocycles. The molecule has 37 heavy (non-hydrogen) atoms. The van der Waals surface area contributed by atoms with Gasteiger partial charge in [-0.05, 0) is 75.5 Å². The van der Waals surface area contributed by atoms with Gasteiger partial charge in [-0.3, -0.25) is 4.79 Å². The van der Waals surface area contributed by atoms with E-state index >= 15 is 0 Å². The molecule has 2 amide bonds. The van der Waals surface area contributed by atoms with Gasteiger partial charge in [0.25, 0.3) is 5.91 Å². The Hall–Kier alpha value is -3.30. The maximum absolute atomic E-state index is 14.8. The highest BCUT2D eigenvalue weighted by atomic mass is 19.1. The molecule has 0 unspecified atom stereocenters. The molecule has 1 aliphatic carbocycles. The third-order valence-electron chi connectivity index (χ3n) is 7.44. The minimum absolute atomic E-state index is 0.0765. The van der Waals surface area contributed by atoms with Crippen LogP contribution in [-0.2, 0) is 4.74 Å². The number of carbonyl (C=O) groups is 2. The van der Waals surface area contributed by atoms with Crippen LogP contribution in [0.3, 0.4) is 0 Å². The molecule has 3 aliphatic rings. The summed E-state index contributed by atoms with van der Waals surface area (Å²) in [5.41, 5.74) is 0.353. The Kier molecular flexibility index (Phi) is 7.26. The number of hydrogen-bond donors (Lipinski definition) is 0. The number of likely N-dealkylation sites (tertiary alicyclic amines) is 2. The van der Waals surface area contributed by atoms with E-state index in [1.54, 1.807) is 9.80 Å². The lowest BCUT2D eigenvalue weighted by atomic mass is 9.98. The lowest BCUT2D eigenvalue weighted by molar-refractivity contribution is 0.0453. The molecule has 0 atom stereocenters. The topological polar surface area (TPSA) is 84.9 Å². The smallest absolute Gasteiger partial charge is 0.410 e. The molecule has 8 nitrogen and oxygen atoms in total. The van der Waals surface area contributed by atoms with Crippen molar-refractivity contribution in [3.05, 3.63) is 42.0 Å². The van der Waals surface area contributed by atoms with E-state index in [9.17, 15) is 18.4 Å². The molecule has 1 saturated carbocycles. The largest absolute Gasteiger partial charge is 0.487 e. The fraction of sp³-hybridized carbons (Fsp3) is 0.556. The highest BCUT2D eigenvalue weighted by Crippen LogP contribution is 2.39. The van der Waals surface area contributed by atoms with Gasteiger partial charge < -0.3 is 19.3 Å². The Morgan fingerprint density at radius 2 is 1.57 bits per heavy atom. The molecule has 2 saturated heterocycles. The second kappa shape index (κ2) is 10.6. The molecule has 3 heterocycles. The van der Waals surface area contributed by atoms with Gasteiger partial charge in [-0.1, -0.05) is 0 Å². The van der Waals surface area contributed by atoms with E-state index in [-0.39, 0.29) is 41.5 Å². The van der Waals surface area contributed by atoms with Gasteiger partial charge in [0.2, 0.25) is 5.82 Å². The summed E-state index contributed by atoms with van der Waals surface area (Å²) in [7, 11) is 0. The molecule has 0 radical (unpaired) electrons. The molecule has 3 fully saturated rings. The van der Waals surface area contributed by atoms with Crippen LogP contribution in [0.2, 0.25) is 0 Å². The number of aromatic nitrogens is 2. The molecule has 0 spiro atoms. The van der Waals surface area contributed by atoms with Gasteiger partial charge in [0.05, 0.1) is 6.61 Å². The highest BCUT2D eigenvalue weighted by molar-refractivity contribution is 5.90. The van der Waals surface area contributed by atoms with Crippen molar-refractivity contribution in [2.24, 2.45) is 5.92 Å². The summed E-state index contributed by atoms with van der Waals surface area (Å²) in [6, 6.07) is 2.36. The lowest BCUT2D eigenvalue weighted by Gasteiger charge is -2.32. The predicted octanol–water partition coefficient (Wildman–Crippen LogP) is 4.83. The van der Waals surface area contributed by atoms with Gasteiger partial charge in [-0.2, -0.15) is 0 Å². The van der Waals surface area contributed by atoms with Crippen molar-refractivity contribution < 1.29 is 27.8 Å². The van der Waals surface area contributed by atoms with Crippen molar-refractivity contribution in [3.63, 3.8) is 0 Å². The fourth-order valence-corrected chi connectivity index (χ4v) is 4.73. The Bertz CT molecular complexity index is 1120. The molecule has 5 rings (SSSR count). The van der Waals surface area contributed by atoms with Gasteiger partial charge in [0, 0.05) is 44.1 Å². The Labute approximate surface area is 215 Å². The number of hydrogen-bond acceptors (Lipinski definition) is 6. The van der Waals surface area contributed by atoms with Crippen LogP contribution in [0, 0.1) is 17.6 Å². The van der Waals surface area contributed by atoms with Gasteiger partial charge in [0.15, 0.2) is 17.4 Å². The second-order valence-corrected chi connectivity index (χ2v) is 10.5. The zero-order chi connectivity index (χ0) is 26.0. The van der Waals surface area contributed by atoms with E-state index in [4.69, 9.17) is 9.47 Å². The molecular formula is C27H32F2N4O4. The standard InChI is InChI=1S/C27H32F2N4O4/c1-27(7-8-27)37-26(35)33-11-5-18(6-12-33)17-36-23-21(28)13-19(14-22(23)29)20-15-30-24(31-16-20)25(34)32-9-3-2-4-10-32/h13-16,18H,2-12,17H2,1H3. The van der Waals surface area contributed by atoms with E-state index in [1.165, 1.54) is 24.5 Å². The quantitative estimate of drug-likeness (QED) is 0.549. The van der Waals surface area contributed by atoms with Crippen LogP contribution in [-0.4, -0.2) is 70.2 Å². The first-order chi connectivity index (χ1) is 17.8. The summed E-state index contributed by atoms with van der Waals surface area (Å²) >= 11 is 0. The maximum atomic E-state index is 14.8. The number of rotatable bonds is 6. The lowest BCUT2D eigenvalue weighted by Crippen LogP contribution is -2.41. The molecular weight excluding hydrogens is 482 g/mol. The number of piperidine rings is 2. The van der Waals surface area contributed by atoms with Crippen molar-refractivity contribution in [2.75, 3.05) is 32.8 Å². The van der Waals surface area contributed by atoms with Crippen molar-refractivity contribution in [1.29, 1.82) is 0 Å². The van der Waals surface area contributed by atoms with Crippen LogP contribution in [0.5, 0.6) is 5.75 Å². The molecule has 10 heteroatoms. The molecule has 1 aromatic heterocycles. The minimum atomic E-state index is -0.817. The highest BCUT2D eigenvalue weighted by Gasteiger charge is 2.43. The Morgan fingerprint density at radius 3 is 2.16 bits per heavy atom. The molecule has 0 N–H and O–H groups in total. The van der Waals surface area contributed by atoms with Gasteiger partial charge >= 0.3 is 6.09 Å². The number of benzene rings is 1.